The predicted molar refractivity (Wildman–Crippen MR) is 125 cm³/mol. The Morgan fingerprint density at radius 3 is 2.60 bits per heavy atom. The third kappa shape index (κ3) is 5.68. The molecule has 1 saturated carbocycles. The second kappa shape index (κ2) is 10.7. The Labute approximate surface area is 201 Å². The molecule has 2 aromatic heterocycles. The van der Waals surface area contributed by atoms with Gasteiger partial charge < -0.3 is 30.7 Å². The van der Waals surface area contributed by atoms with Crippen LogP contribution in [-0.4, -0.2) is 59.6 Å². The zero-order valence-corrected chi connectivity index (χ0v) is 19.2. The van der Waals surface area contributed by atoms with E-state index in [0.717, 1.165) is 25.3 Å². The van der Waals surface area contributed by atoms with E-state index in [1.165, 1.54) is 12.3 Å². The molecule has 186 valence electrons. The van der Waals surface area contributed by atoms with E-state index in [1.807, 2.05) is 6.07 Å². The quantitative estimate of drug-likeness (QED) is 0.441. The van der Waals surface area contributed by atoms with Crippen molar-refractivity contribution in [3.63, 3.8) is 0 Å². The minimum Gasteiger partial charge on any atom is -0.465 e. The molecule has 1 amide bonds. The first-order valence-corrected chi connectivity index (χ1v) is 11.5. The number of carboxylic acid groups (broad SMARTS) is 1. The highest BCUT2D eigenvalue weighted by atomic mass is 19.1. The maximum Gasteiger partial charge on any atom is 0.404 e. The zero-order chi connectivity index (χ0) is 24.9. The summed E-state index contributed by atoms with van der Waals surface area (Å²) in [6.45, 7) is 3.74. The van der Waals surface area contributed by atoms with E-state index in [9.17, 15) is 18.8 Å². The molecule has 0 aromatic carbocycles. The SMILES string of the molecule is C[C@H](NC(=O)O)[C@@H](Nc1nc(Nc2cnc(N3CCOCC3)c(F)c2)c(C#N)cc1F)C1CCC1. The molecule has 0 radical (unpaired) electrons. The summed E-state index contributed by atoms with van der Waals surface area (Å²) in [5, 5.41) is 26.9. The first-order chi connectivity index (χ1) is 16.9. The zero-order valence-electron chi connectivity index (χ0n) is 19.2. The van der Waals surface area contributed by atoms with Crippen molar-refractivity contribution in [1.82, 2.24) is 15.3 Å². The van der Waals surface area contributed by atoms with Gasteiger partial charge in [-0.15, -0.1) is 0 Å². The van der Waals surface area contributed by atoms with Crippen LogP contribution in [0.3, 0.4) is 0 Å². The number of pyridine rings is 2. The van der Waals surface area contributed by atoms with Crippen molar-refractivity contribution >= 4 is 29.2 Å². The van der Waals surface area contributed by atoms with Gasteiger partial charge in [0.2, 0.25) is 0 Å². The first kappa shape index (κ1) is 24.4. The van der Waals surface area contributed by atoms with Gasteiger partial charge in [-0.3, -0.25) is 0 Å². The monoisotopic (exact) mass is 487 g/mol. The number of hydrogen-bond acceptors (Lipinski definition) is 8. The number of ether oxygens (including phenoxy) is 1. The van der Waals surface area contributed by atoms with E-state index in [4.69, 9.17) is 9.84 Å². The molecule has 0 unspecified atom stereocenters. The van der Waals surface area contributed by atoms with Crippen LogP contribution >= 0.6 is 0 Å². The maximum absolute atomic E-state index is 14.8. The number of nitriles is 1. The normalized spacial score (nSPS) is 17.6. The number of anilines is 4. The summed E-state index contributed by atoms with van der Waals surface area (Å²) in [6, 6.07) is 3.27. The van der Waals surface area contributed by atoms with Gasteiger partial charge in [0.15, 0.2) is 29.1 Å². The average Bonchev–Trinajstić information content (AvgIpc) is 2.79. The molecule has 1 aliphatic carbocycles. The van der Waals surface area contributed by atoms with Crippen molar-refractivity contribution in [1.29, 1.82) is 5.26 Å². The number of carbonyl (C=O) groups is 1. The largest absolute Gasteiger partial charge is 0.465 e. The molecule has 1 aliphatic heterocycles. The molecular formula is C23H27F2N7O3. The second-order valence-electron chi connectivity index (χ2n) is 8.68. The standard InChI is InChI=1S/C23H27F2N7O3/c1-13(28-23(33)34)19(14-3-2-4-14)30-21-17(24)9-15(11-26)20(31-21)29-16-10-18(25)22(27-12-16)32-5-7-35-8-6-32/h9-10,12-14,19,28H,2-8H2,1H3,(H,33,34)(H2,29,30,31)/t13-,19+/m0/s1. The van der Waals surface area contributed by atoms with Gasteiger partial charge >= 0.3 is 6.09 Å². The average molecular weight is 488 g/mol. The lowest BCUT2D eigenvalue weighted by Gasteiger charge is -2.38. The Morgan fingerprint density at radius 1 is 1.26 bits per heavy atom. The van der Waals surface area contributed by atoms with Gasteiger partial charge in [-0.05, 0) is 31.7 Å². The summed E-state index contributed by atoms with van der Waals surface area (Å²) in [4.78, 5) is 21.4. The summed E-state index contributed by atoms with van der Waals surface area (Å²) < 4.78 is 34.9. The minimum absolute atomic E-state index is 0.0305. The van der Waals surface area contributed by atoms with Crippen LogP contribution in [0.25, 0.3) is 0 Å². The van der Waals surface area contributed by atoms with Crippen molar-refractivity contribution in [2.75, 3.05) is 41.8 Å². The van der Waals surface area contributed by atoms with Crippen LogP contribution in [0.1, 0.15) is 31.7 Å². The first-order valence-electron chi connectivity index (χ1n) is 11.5. The topological polar surface area (TPSA) is 135 Å². The van der Waals surface area contributed by atoms with Crippen molar-refractivity contribution < 1.29 is 23.4 Å². The Hall–Kier alpha value is -3.72. The van der Waals surface area contributed by atoms with Crippen LogP contribution in [0.4, 0.5) is 36.7 Å². The highest BCUT2D eigenvalue weighted by molar-refractivity contribution is 5.66. The second-order valence-corrected chi connectivity index (χ2v) is 8.68. The van der Waals surface area contributed by atoms with Crippen molar-refractivity contribution in [2.24, 2.45) is 5.92 Å². The highest BCUT2D eigenvalue weighted by Crippen LogP contribution is 2.34. The molecule has 1 saturated heterocycles. The molecular weight excluding hydrogens is 460 g/mol. The summed E-state index contributed by atoms with van der Waals surface area (Å²) in [5.74, 6) is -1.03. The number of hydrogen-bond donors (Lipinski definition) is 4. The Kier molecular flexibility index (Phi) is 7.45. The number of rotatable bonds is 8. The predicted octanol–water partition coefficient (Wildman–Crippen LogP) is 3.44. The van der Waals surface area contributed by atoms with Crippen molar-refractivity contribution in [3.05, 3.63) is 35.5 Å². The number of nitrogens with zero attached hydrogens (tertiary/aromatic N) is 4. The van der Waals surface area contributed by atoms with Crippen LogP contribution in [0, 0.1) is 28.9 Å². The highest BCUT2D eigenvalue weighted by Gasteiger charge is 2.33. The lowest BCUT2D eigenvalue weighted by atomic mass is 9.77. The van der Waals surface area contributed by atoms with E-state index in [0.29, 0.717) is 26.3 Å². The van der Waals surface area contributed by atoms with Crippen LogP contribution < -0.4 is 20.9 Å². The summed E-state index contributed by atoms with van der Waals surface area (Å²) in [7, 11) is 0. The lowest BCUT2D eigenvalue weighted by molar-refractivity contribution is 0.122. The van der Waals surface area contributed by atoms with Gasteiger partial charge in [0.05, 0.1) is 36.7 Å². The molecule has 2 aromatic rings. The number of amides is 1. The lowest BCUT2D eigenvalue weighted by Crippen LogP contribution is -2.50. The molecule has 2 aliphatic rings. The van der Waals surface area contributed by atoms with Gasteiger partial charge in [-0.1, -0.05) is 6.42 Å². The Balaban J connectivity index is 1.57. The molecule has 0 spiro atoms. The van der Waals surface area contributed by atoms with E-state index in [2.05, 4.69) is 25.9 Å². The molecule has 35 heavy (non-hydrogen) atoms. The molecule has 2 fully saturated rings. The van der Waals surface area contributed by atoms with Crippen LogP contribution in [-0.2, 0) is 4.74 Å². The molecule has 10 nitrogen and oxygen atoms in total. The van der Waals surface area contributed by atoms with E-state index in [-0.39, 0.29) is 34.6 Å². The van der Waals surface area contributed by atoms with Crippen LogP contribution in [0.5, 0.6) is 0 Å². The molecule has 4 rings (SSSR count). The fourth-order valence-corrected chi connectivity index (χ4v) is 4.31. The Morgan fingerprint density at radius 2 is 2.00 bits per heavy atom. The van der Waals surface area contributed by atoms with E-state index in [1.54, 1.807) is 11.8 Å². The molecule has 0 bridgehead atoms. The number of nitrogens with one attached hydrogen (secondary N) is 3. The molecule has 2 atom stereocenters. The fourth-order valence-electron chi connectivity index (χ4n) is 4.31. The van der Waals surface area contributed by atoms with E-state index >= 15 is 0 Å². The molecule has 4 N–H and O–H groups in total. The van der Waals surface area contributed by atoms with Crippen molar-refractivity contribution in [3.8, 4) is 6.07 Å². The number of halogens is 2. The third-order valence-corrected chi connectivity index (χ3v) is 6.34. The van der Waals surface area contributed by atoms with Gasteiger partial charge in [0.1, 0.15) is 6.07 Å². The van der Waals surface area contributed by atoms with Crippen molar-refractivity contribution in [2.45, 2.75) is 38.3 Å². The number of aromatic nitrogens is 2. The Bertz CT molecular complexity index is 1120. The van der Waals surface area contributed by atoms with Gasteiger partial charge in [-0.2, -0.15) is 5.26 Å². The molecule has 12 heteroatoms. The van der Waals surface area contributed by atoms with Crippen LogP contribution in [0.15, 0.2) is 18.3 Å². The van der Waals surface area contributed by atoms with Gasteiger partial charge in [-0.25, -0.2) is 23.5 Å². The summed E-state index contributed by atoms with van der Waals surface area (Å²) >= 11 is 0. The fraction of sp³-hybridized carbons (Fsp3) is 0.478. The summed E-state index contributed by atoms with van der Waals surface area (Å²) in [6.07, 6.45) is 3.02. The molecule has 3 heterocycles. The van der Waals surface area contributed by atoms with Crippen LogP contribution in [0.2, 0.25) is 0 Å². The number of morpholine rings is 1. The third-order valence-electron chi connectivity index (χ3n) is 6.34. The minimum atomic E-state index is -1.17. The van der Waals surface area contributed by atoms with Gasteiger partial charge in [0.25, 0.3) is 0 Å². The van der Waals surface area contributed by atoms with E-state index < -0.39 is 29.8 Å². The smallest absolute Gasteiger partial charge is 0.404 e. The van der Waals surface area contributed by atoms with Gasteiger partial charge in [0, 0.05) is 25.2 Å². The summed E-state index contributed by atoms with van der Waals surface area (Å²) in [5.41, 5.74) is 0.181. The maximum atomic E-state index is 14.8.